The fourth-order valence-corrected chi connectivity index (χ4v) is 5.16. The van der Waals surface area contributed by atoms with Crippen LogP contribution in [0.2, 0.25) is 0 Å². The van der Waals surface area contributed by atoms with Crippen LogP contribution in [0.3, 0.4) is 0 Å². The molecule has 2 aromatic carbocycles. The van der Waals surface area contributed by atoms with Crippen molar-refractivity contribution in [3.63, 3.8) is 0 Å². The largest absolute Gasteiger partial charge is 0.497 e. The zero-order chi connectivity index (χ0) is 24.0. The van der Waals surface area contributed by atoms with Crippen LogP contribution < -0.4 is 29.2 Å². The lowest BCUT2D eigenvalue weighted by Crippen LogP contribution is -2.41. The number of rotatable bonds is 7. The van der Waals surface area contributed by atoms with Crippen LogP contribution in [0.5, 0.6) is 23.0 Å². The predicted octanol–water partition coefficient (Wildman–Crippen LogP) is 2.65. The summed E-state index contributed by atoms with van der Waals surface area (Å²) in [5.74, 6) is 0.234. The zero-order valence-electron chi connectivity index (χ0n) is 19.4. The smallest absolute Gasteiger partial charge is 0.234 e. The third-order valence-corrected chi connectivity index (χ3v) is 6.72. The third-order valence-electron chi connectivity index (χ3n) is 6.72. The SMILES string of the molecule is COc1ccc(N2C[C@@]34C=C[C@@H](O3)[C@@H](C(=O)Nc3cc(OC)c(OC)c(OC)c3)[C@@H]4C2=O)cc1. The summed E-state index contributed by atoms with van der Waals surface area (Å²) in [4.78, 5) is 28.6. The van der Waals surface area contributed by atoms with E-state index in [9.17, 15) is 9.59 Å². The number of carbonyl (C=O) groups excluding carboxylic acids is 2. The second-order valence-electron chi connectivity index (χ2n) is 8.43. The highest BCUT2D eigenvalue weighted by Crippen LogP contribution is 2.53. The average molecular weight is 466 g/mol. The molecule has 3 aliphatic rings. The fraction of sp³-hybridized carbons (Fsp3) is 0.360. The lowest BCUT2D eigenvalue weighted by atomic mass is 9.77. The molecule has 2 amide bonds. The number of carbonyl (C=O) groups is 2. The zero-order valence-corrected chi connectivity index (χ0v) is 19.4. The van der Waals surface area contributed by atoms with Gasteiger partial charge in [-0.2, -0.15) is 0 Å². The number of methoxy groups -OCH3 is 4. The Kier molecular flexibility index (Phi) is 5.36. The Morgan fingerprint density at radius 2 is 1.71 bits per heavy atom. The lowest BCUT2D eigenvalue weighted by molar-refractivity contribution is -0.128. The molecule has 0 radical (unpaired) electrons. The van der Waals surface area contributed by atoms with Crippen molar-refractivity contribution in [1.82, 2.24) is 0 Å². The standard InChI is InChI=1S/C25H26N2O7/c1-30-16-7-5-15(6-8-16)27-13-25-10-9-17(34-25)20(21(25)24(27)29)23(28)26-14-11-18(31-2)22(33-4)19(12-14)32-3/h5-12,17,20-21H,13H2,1-4H3,(H,26,28)/t17-,20-,21-,25-/m1/s1. The van der Waals surface area contributed by atoms with Gasteiger partial charge in [0.05, 0.1) is 52.9 Å². The van der Waals surface area contributed by atoms with Crippen molar-refractivity contribution in [1.29, 1.82) is 0 Å². The number of amides is 2. The number of nitrogens with one attached hydrogen (secondary N) is 1. The summed E-state index contributed by atoms with van der Waals surface area (Å²) in [5.41, 5.74) is 0.385. The molecule has 0 aromatic heterocycles. The molecule has 2 fully saturated rings. The van der Waals surface area contributed by atoms with Gasteiger partial charge in [-0.25, -0.2) is 0 Å². The predicted molar refractivity (Wildman–Crippen MR) is 124 cm³/mol. The highest BCUT2D eigenvalue weighted by atomic mass is 16.5. The van der Waals surface area contributed by atoms with Crippen molar-refractivity contribution >= 4 is 23.2 Å². The van der Waals surface area contributed by atoms with Crippen LogP contribution in [-0.2, 0) is 14.3 Å². The van der Waals surface area contributed by atoms with E-state index in [2.05, 4.69) is 5.32 Å². The van der Waals surface area contributed by atoms with Gasteiger partial charge < -0.3 is 33.9 Å². The van der Waals surface area contributed by atoms with Crippen molar-refractivity contribution in [3.8, 4) is 23.0 Å². The molecule has 0 aliphatic carbocycles. The number of hydrogen-bond donors (Lipinski definition) is 1. The van der Waals surface area contributed by atoms with Crippen LogP contribution in [0.15, 0.2) is 48.6 Å². The molecule has 2 bridgehead atoms. The van der Waals surface area contributed by atoms with Gasteiger partial charge in [0.25, 0.3) is 0 Å². The summed E-state index contributed by atoms with van der Waals surface area (Å²) in [6.45, 7) is 0.351. The summed E-state index contributed by atoms with van der Waals surface area (Å²) in [7, 11) is 6.11. The molecule has 178 valence electrons. The third kappa shape index (κ3) is 3.27. The van der Waals surface area contributed by atoms with Crippen molar-refractivity contribution in [2.45, 2.75) is 11.7 Å². The van der Waals surface area contributed by atoms with E-state index in [4.69, 9.17) is 23.7 Å². The Morgan fingerprint density at radius 1 is 1.03 bits per heavy atom. The first-order valence-corrected chi connectivity index (χ1v) is 10.9. The minimum atomic E-state index is -0.820. The first kappa shape index (κ1) is 22.1. The first-order chi connectivity index (χ1) is 16.4. The number of anilines is 2. The highest BCUT2D eigenvalue weighted by molar-refractivity contribution is 6.05. The Labute approximate surface area is 197 Å². The van der Waals surface area contributed by atoms with E-state index in [1.807, 2.05) is 24.3 Å². The van der Waals surface area contributed by atoms with Gasteiger partial charge in [-0.3, -0.25) is 9.59 Å². The van der Waals surface area contributed by atoms with E-state index in [1.54, 1.807) is 36.3 Å². The quantitative estimate of drug-likeness (QED) is 0.627. The van der Waals surface area contributed by atoms with Gasteiger partial charge in [0.2, 0.25) is 17.6 Å². The normalized spacial score (nSPS) is 26.4. The van der Waals surface area contributed by atoms with Gasteiger partial charge in [-0.05, 0) is 24.3 Å². The van der Waals surface area contributed by atoms with Crippen LogP contribution in [0.1, 0.15) is 0 Å². The van der Waals surface area contributed by atoms with Gasteiger partial charge in [0.15, 0.2) is 11.5 Å². The maximum atomic E-state index is 13.5. The molecule has 34 heavy (non-hydrogen) atoms. The molecule has 2 aromatic rings. The summed E-state index contributed by atoms with van der Waals surface area (Å²) in [6, 6.07) is 10.6. The summed E-state index contributed by atoms with van der Waals surface area (Å²) in [5, 5.41) is 2.91. The van der Waals surface area contributed by atoms with Crippen molar-refractivity contribution in [3.05, 3.63) is 48.6 Å². The van der Waals surface area contributed by atoms with Crippen molar-refractivity contribution in [2.75, 3.05) is 45.2 Å². The number of ether oxygens (including phenoxy) is 5. The minimum absolute atomic E-state index is 0.137. The van der Waals surface area contributed by atoms with Gasteiger partial charge in [-0.15, -0.1) is 0 Å². The monoisotopic (exact) mass is 466 g/mol. The van der Waals surface area contributed by atoms with Crippen LogP contribution in [0.25, 0.3) is 0 Å². The first-order valence-electron chi connectivity index (χ1n) is 10.9. The number of hydrogen-bond acceptors (Lipinski definition) is 7. The van der Waals surface area contributed by atoms with E-state index in [0.717, 1.165) is 5.69 Å². The second kappa shape index (κ2) is 8.25. The molecule has 9 heteroatoms. The van der Waals surface area contributed by atoms with Gasteiger partial charge in [-0.1, -0.05) is 12.2 Å². The molecule has 0 saturated carbocycles. The Bertz CT molecular complexity index is 1140. The molecule has 4 atom stereocenters. The van der Waals surface area contributed by atoms with Crippen molar-refractivity contribution in [2.24, 2.45) is 11.8 Å². The van der Waals surface area contributed by atoms with Gasteiger partial charge in [0, 0.05) is 23.5 Å². The number of benzene rings is 2. The fourth-order valence-electron chi connectivity index (χ4n) is 5.16. The molecule has 3 aliphatic heterocycles. The molecule has 2 saturated heterocycles. The summed E-state index contributed by atoms with van der Waals surface area (Å²) >= 11 is 0. The maximum Gasteiger partial charge on any atom is 0.234 e. The van der Waals surface area contributed by atoms with Crippen molar-refractivity contribution < 1.29 is 33.3 Å². The van der Waals surface area contributed by atoms with Gasteiger partial charge >= 0.3 is 0 Å². The summed E-state index contributed by atoms with van der Waals surface area (Å²) < 4.78 is 27.5. The molecular weight excluding hydrogens is 440 g/mol. The summed E-state index contributed by atoms with van der Waals surface area (Å²) in [6.07, 6.45) is 3.34. The number of nitrogens with zero attached hydrogens (tertiary/aromatic N) is 1. The molecule has 5 rings (SSSR count). The molecule has 1 spiro atoms. The molecular formula is C25H26N2O7. The average Bonchev–Trinajstić information content (AvgIpc) is 3.51. The Morgan fingerprint density at radius 3 is 2.29 bits per heavy atom. The topological polar surface area (TPSA) is 95.6 Å². The van der Waals surface area contributed by atoms with Crippen LogP contribution in [0.4, 0.5) is 11.4 Å². The molecule has 9 nitrogen and oxygen atoms in total. The molecule has 0 unspecified atom stereocenters. The van der Waals surface area contributed by atoms with E-state index < -0.39 is 23.5 Å². The highest BCUT2D eigenvalue weighted by Gasteiger charge is 2.67. The van der Waals surface area contributed by atoms with E-state index in [-0.39, 0.29) is 11.8 Å². The maximum absolute atomic E-state index is 13.5. The van der Waals surface area contributed by atoms with E-state index in [1.165, 1.54) is 21.3 Å². The van der Waals surface area contributed by atoms with Gasteiger partial charge in [0.1, 0.15) is 11.4 Å². The van der Waals surface area contributed by atoms with E-state index >= 15 is 0 Å². The van der Waals surface area contributed by atoms with Crippen LogP contribution in [-0.4, -0.2) is 58.5 Å². The molecule has 1 N–H and O–H groups in total. The molecule has 3 heterocycles. The number of fused-ring (bicyclic) bond motifs is 1. The second-order valence-corrected chi connectivity index (χ2v) is 8.43. The Balaban J connectivity index is 1.41. The lowest BCUT2D eigenvalue weighted by Gasteiger charge is -2.24. The van der Waals surface area contributed by atoms with E-state index in [0.29, 0.717) is 35.2 Å². The van der Waals surface area contributed by atoms with Crippen LogP contribution in [0, 0.1) is 11.8 Å². The van der Waals surface area contributed by atoms with Crippen LogP contribution >= 0.6 is 0 Å². The minimum Gasteiger partial charge on any atom is -0.497 e. The Hall–Kier alpha value is -3.72.